The first kappa shape index (κ1) is 24.6. The molecule has 0 spiro atoms. The Kier molecular flexibility index (Phi) is 7.91. The van der Waals surface area contributed by atoms with Crippen LogP contribution in [0.15, 0.2) is 54.9 Å². The van der Waals surface area contributed by atoms with Crippen LogP contribution < -0.4 is 15.8 Å². The summed E-state index contributed by atoms with van der Waals surface area (Å²) in [6, 6.07) is 15.2. The van der Waals surface area contributed by atoms with Gasteiger partial charge in [0.2, 0.25) is 0 Å². The van der Waals surface area contributed by atoms with Crippen LogP contribution in [0.25, 0.3) is 0 Å². The van der Waals surface area contributed by atoms with Gasteiger partial charge >= 0.3 is 0 Å². The molecule has 3 aromatic rings. The van der Waals surface area contributed by atoms with E-state index in [0.29, 0.717) is 35.8 Å². The smallest absolute Gasteiger partial charge is 0.141 e. The summed E-state index contributed by atoms with van der Waals surface area (Å²) < 4.78 is 5.90. The zero-order chi connectivity index (χ0) is 24.8. The Morgan fingerprint density at radius 2 is 1.86 bits per heavy atom. The Balaban J connectivity index is 1.48. The van der Waals surface area contributed by atoms with Gasteiger partial charge in [-0.1, -0.05) is 17.7 Å². The second kappa shape index (κ2) is 11.3. The number of rotatable bonds is 9. The summed E-state index contributed by atoms with van der Waals surface area (Å²) in [7, 11) is 0. The summed E-state index contributed by atoms with van der Waals surface area (Å²) in [6.07, 6.45) is 2.51. The van der Waals surface area contributed by atoms with Crippen LogP contribution in [0.4, 0.5) is 11.6 Å². The van der Waals surface area contributed by atoms with Crippen molar-refractivity contribution in [1.29, 1.82) is 5.41 Å². The summed E-state index contributed by atoms with van der Waals surface area (Å²) in [6.45, 7) is 3.74. The maximum atomic E-state index is 9.79. The van der Waals surface area contributed by atoms with E-state index in [9.17, 15) is 5.11 Å². The van der Waals surface area contributed by atoms with E-state index in [1.54, 1.807) is 0 Å². The van der Waals surface area contributed by atoms with E-state index in [1.807, 2.05) is 55.5 Å². The first-order chi connectivity index (χ1) is 16.9. The summed E-state index contributed by atoms with van der Waals surface area (Å²) in [5, 5.41) is 31.2. The lowest BCUT2D eigenvalue weighted by atomic mass is 10.0. The van der Waals surface area contributed by atoms with Gasteiger partial charge in [-0.2, -0.15) is 0 Å². The average molecular weight is 477 g/mol. The SMILES string of the molecule is Cc1ccc(Oc2ccc(C(=N)c3c(N)ncnc3NC3CCCN(CC(O)CO)C3)cc2)cc1. The molecular weight excluding hydrogens is 444 g/mol. The van der Waals surface area contributed by atoms with Gasteiger partial charge in [-0.05, 0) is 62.7 Å². The molecule has 1 aromatic heterocycles. The highest BCUT2D eigenvalue weighted by Gasteiger charge is 2.24. The number of aliphatic hydroxyl groups excluding tert-OH is 2. The minimum atomic E-state index is -0.759. The Bertz CT molecular complexity index is 1140. The van der Waals surface area contributed by atoms with E-state index >= 15 is 0 Å². The number of benzene rings is 2. The fourth-order valence-electron chi connectivity index (χ4n) is 4.22. The number of β-amino-alcohol motifs (C(OH)–C–C–N with tert-alkyl or cyclic N) is 1. The van der Waals surface area contributed by atoms with Crippen molar-refractivity contribution in [3.8, 4) is 11.5 Å². The van der Waals surface area contributed by atoms with E-state index in [2.05, 4.69) is 20.2 Å². The number of nitrogens with two attached hydrogens (primary N) is 1. The lowest BCUT2D eigenvalue weighted by Gasteiger charge is -2.34. The minimum Gasteiger partial charge on any atom is -0.457 e. The van der Waals surface area contributed by atoms with Crippen LogP contribution in [0.1, 0.15) is 29.5 Å². The molecule has 35 heavy (non-hydrogen) atoms. The van der Waals surface area contributed by atoms with Gasteiger partial charge < -0.3 is 26.0 Å². The average Bonchev–Trinajstić information content (AvgIpc) is 2.86. The molecule has 0 radical (unpaired) electrons. The molecule has 9 nitrogen and oxygen atoms in total. The van der Waals surface area contributed by atoms with E-state index < -0.39 is 6.10 Å². The van der Waals surface area contributed by atoms with Crippen LogP contribution in [0.3, 0.4) is 0 Å². The summed E-state index contributed by atoms with van der Waals surface area (Å²) in [5.41, 5.74) is 8.69. The van der Waals surface area contributed by atoms with Crippen molar-refractivity contribution in [2.24, 2.45) is 0 Å². The quantitative estimate of drug-likeness (QED) is 0.297. The number of ether oxygens (including phenoxy) is 1. The maximum absolute atomic E-state index is 9.79. The number of aryl methyl sites for hydroxylation is 1. The van der Waals surface area contributed by atoms with Crippen LogP contribution >= 0.6 is 0 Å². The molecule has 2 aromatic carbocycles. The Morgan fingerprint density at radius 1 is 1.17 bits per heavy atom. The van der Waals surface area contributed by atoms with Crippen LogP contribution in [0.5, 0.6) is 11.5 Å². The van der Waals surface area contributed by atoms with Crippen molar-refractivity contribution in [1.82, 2.24) is 14.9 Å². The lowest BCUT2D eigenvalue weighted by Crippen LogP contribution is -2.46. The number of nitrogens with one attached hydrogen (secondary N) is 2. The highest BCUT2D eigenvalue weighted by atomic mass is 16.5. The van der Waals surface area contributed by atoms with Gasteiger partial charge in [-0.3, -0.25) is 10.3 Å². The summed E-state index contributed by atoms with van der Waals surface area (Å²) >= 11 is 0. The zero-order valence-electron chi connectivity index (χ0n) is 19.8. The largest absolute Gasteiger partial charge is 0.457 e. The molecule has 0 aliphatic carbocycles. The van der Waals surface area contributed by atoms with Crippen molar-refractivity contribution in [2.75, 3.05) is 37.3 Å². The number of anilines is 2. The summed E-state index contributed by atoms with van der Waals surface area (Å²) in [4.78, 5) is 10.6. The van der Waals surface area contributed by atoms with E-state index in [1.165, 1.54) is 6.33 Å². The molecule has 0 saturated carbocycles. The predicted octanol–water partition coefficient (Wildman–Crippen LogP) is 2.81. The molecule has 2 heterocycles. The van der Waals surface area contributed by atoms with Gasteiger partial charge in [-0.25, -0.2) is 9.97 Å². The molecule has 6 N–H and O–H groups in total. The molecule has 0 amide bonds. The summed E-state index contributed by atoms with van der Waals surface area (Å²) in [5.74, 6) is 2.17. The number of aromatic nitrogens is 2. The third-order valence-corrected chi connectivity index (χ3v) is 6.05. The second-order valence-corrected chi connectivity index (χ2v) is 8.88. The number of piperidine rings is 1. The van der Waals surface area contributed by atoms with E-state index in [-0.39, 0.29) is 24.2 Å². The van der Waals surface area contributed by atoms with Gasteiger partial charge in [0.25, 0.3) is 0 Å². The number of nitrogen functional groups attached to an aromatic ring is 1. The molecule has 0 bridgehead atoms. The van der Waals surface area contributed by atoms with Gasteiger partial charge in [-0.15, -0.1) is 0 Å². The molecule has 1 aliphatic rings. The fourth-order valence-corrected chi connectivity index (χ4v) is 4.22. The number of hydrogen-bond donors (Lipinski definition) is 5. The van der Waals surface area contributed by atoms with Gasteiger partial charge in [0.15, 0.2) is 0 Å². The molecule has 1 aliphatic heterocycles. The fraction of sp³-hybridized carbons (Fsp3) is 0.346. The Morgan fingerprint density at radius 3 is 2.54 bits per heavy atom. The van der Waals surface area contributed by atoms with Crippen LogP contribution in [-0.4, -0.2) is 69.2 Å². The predicted molar refractivity (Wildman–Crippen MR) is 136 cm³/mol. The van der Waals surface area contributed by atoms with Crippen LogP contribution in [0, 0.1) is 12.3 Å². The Hall–Kier alpha value is -3.53. The standard InChI is InChI=1S/C26H32N6O3/c1-17-4-8-21(9-5-17)35-22-10-6-18(7-11-22)24(27)23-25(28)29-16-30-26(23)31-19-3-2-12-32(13-19)14-20(34)15-33/h4-11,16,19-20,27,33-34H,2-3,12-15H2,1H3,(H3,28,29,30,31). The number of hydrogen-bond acceptors (Lipinski definition) is 9. The molecule has 9 heteroatoms. The van der Waals surface area contributed by atoms with E-state index in [4.69, 9.17) is 21.0 Å². The van der Waals surface area contributed by atoms with Gasteiger partial charge in [0.1, 0.15) is 29.5 Å². The van der Waals surface area contributed by atoms with Gasteiger partial charge in [0.05, 0.1) is 24.0 Å². The van der Waals surface area contributed by atoms with E-state index in [0.717, 1.165) is 30.7 Å². The zero-order valence-corrected chi connectivity index (χ0v) is 19.8. The number of aliphatic hydroxyl groups is 2. The topological polar surface area (TPSA) is 141 Å². The normalized spacial score (nSPS) is 17.1. The third-order valence-electron chi connectivity index (χ3n) is 6.05. The lowest BCUT2D eigenvalue weighted by molar-refractivity contribution is 0.0517. The van der Waals surface area contributed by atoms with Crippen LogP contribution in [-0.2, 0) is 0 Å². The highest BCUT2D eigenvalue weighted by Crippen LogP contribution is 2.26. The maximum Gasteiger partial charge on any atom is 0.141 e. The Labute approximate surface area is 205 Å². The molecule has 184 valence electrons. The molecular formula is C26H32N6O3. The molecule has 1 saturated heterocycles. The first-order valence-electron chi connectivity index (χ1n) is 11.7. The number of nitrogens with zero attached hydrogens (tertiary/aromatic N) is 3. The molecule has 1 fully saturated rings. The van der Waals surface area contributed by atoms with Crippen molar-refractivity contribution in [2.45, 2.75) is 31.9 Å². The van der Waals surface area contributed by atoms with Crippen molar-refractivity contribution < 1.29 is 14.9 Å². The highest BCUT2D eigenvalue weighted by molar-refractivity contribution is 6.16. The van der Waals surface area contributed by atoms with Gasteiger partial charge in [0, 0.05) is 24.7 Å². The number of likely N-dealkylation sites (tertiary alicyclic amines) is 1. The molecule has 4 rings (SSSR count). The third kappa shape index (κ3) is 6.33. The van der Waals surface area contributed by atoms with Crippen molar-refractivity contribution >= 4 is 17.3 Å². The van der Waals surface area contributed by atoms with Crippen LogP contribution in [0.2, 0.25) is 0 Å². The minimum absolute atomic E-state index is 0.0702. The monoisotopic (exact) mass is 476 g/mol. The second-order valence-electron chi connectivity index (χ2n) is 8.88. The molecule has 2 unspecified atom stereocenters. The first-order valence-corrected chi connectivity index (χ1v) is 11.7. The van der Waals surface area contributed by atoms with Crippen molar-refractivity contribution in [3.05, 3.63) is 71.5 Å². The molecule has 2 atom stereocenters. The van der Waals surface area contributed by atoms with Crippen molar-refractivity contribution in [3.63, 3.8) is 0 Å².